The number of likely N-dealkylation sites (tertiary alicyclic amines) is 1. The van der Waals surface area contributed by atoms with Gasteiger partial charge in [-0.2, -0.15) is 12.6 Å². The van der Waals surface area contributed by atoms with Crippen molar-refractivity contribution in [1.29, 1.82) is 0 Å². The highest BCUT2D eigenvalue weighted by molar-refractivity contribution is 7.80. The van der Waals surface area contributed by atoms with Crippen molar-refractivity contribution in [3.8, 4) is 0 Å². The lowest BCUT2D eigenvalue weighted by Gasteiger charge is -2.26. The van der Waals surface area contributed by atoms with Crippen LogP contribution in [0, 0.1) is 0 Å². The topological polar surface area (TPSA) is 75.4 Å². The van der Waals surface area contributed by atoms with Crippen molar-refractivity contribution in [2.45, 2.75) is 31.8 Å². The molecular weight excluding hydrogens is 345 g/mol. The van der Waals surface area contributed by atoms with E-state index in [1.165, 1.54) is 0 Å². The number of nitrogens with zero attached hydrogens (tertiary/aromatic N) is 1. The van der Waals surface area contributed by atoms with Gasteiger partial charge in [0, 0.05) is 12.3 Å². The quantitative estimate of drug-likeness (QED) is 0.478. The zero-order valence-corrected chi connectivity index (χ0v) is 15.9. The van der Waals surface area contributed by atoms with E-state index in [0.29, 0.717) is 13.0 Å². The summed E-state index contributed by atoms with van der Waals surface area (Å²) in [5.74, 6) is -0.155. The molecule has 0 bridgehead atoms. The summed E-state index contributed by atoms with van der Waals surface area (Å²) in [5.41, 5.74) is 6.63. The molecule has 1 aromatic rings. The van der Waals surface area contributed by atoms with Crippen LogP contribution in [0.25, 0.3) is 12.7 Å². The fraction of sp³-hybridized carbons (Fsp3) is 0.368. The number of thiol groups is 1. The fourth-order valence-corrected chi connectivity index (χ4v) is 3.06. The second-order valence-corrected chi connectivity index (χ2v) is 6.63. The summed E-state index contributed by atoms with van der Waals surface area (Å²) in [7, 11) is 1.66. The van der Waals surface area contributed by atoms with E-state index in [1.807, 2.05) is 43.3 Å². The van der Waals surface area contributed by atoms with Gasteiger partial charge in [-0.1, -0.05) is 48.5 Å². The average molecular weight is 370 g/mol. The Balaban J connectivity index is 2.03. The number of nitrogens with one attached hydrogen (secondary N) is 1. The van der Waals surface area contributed by atoms with Crippen molar-refractivity contribution in [3.05, 3.63) is 46.3 Å². The van der Waals surface area contributed by atoms with Crippen LogP contribution in [0.2, 0.25) is 0 Å². The minimum absolute atomic E-state index is 0.196. The monoisotopic (exact) mass is 370 g/mol. The smallest absolute Gasteiger partial charge is 0.284 e. The minimum atomic E-state index is -0.677. The third kappa shape index (κ3) is 5.02. The number of hydrogen-bond donors (Lipinski definition) is 3. The molecule has 0 unspecified atom stereocenters. The molecule has 2 amide bonds. The van der Waals surface area contributed by atoms with Crippen LogP contribution in [-0.2, 0) is 9.59 Å². The first-order chi connectivity index (χ1) is 12.5. The van der Waals surface area contributed by atoms with Crippen LogP contribution in [0.4, 0.5) is 0 Å². The molecule has 1 aliphatic heterocycles. The maximum atomic E-state index is 12.6. The molecule has 0 aliphatic carbocycles. The number of benzene rings is 1. The Bertz CT molecular complexity index is 796. The third-order valence-electron chi connectivity index (χ3n) is 4.44. The van der Waals surface area contributed by atoms with Gasteiger partial charge in [0.1, 0.15) is 6.04 Å². The summed E-state index contributed by atoms with van der Waals surface area (Å²) in [6.45, 7) is 6.45. The number of amides is 2. The minimum Gasteiger partial charge on any atom is -0.397 e. The van der Waals surface area contributed by atoms with Crippen LogP contribution >= 0.6 is 12.6 Å². The van der Waals surface area contributed by atoms with E-state index in [4.69, 9.17) is 5.73 Å². The maximum Gasteiger partial charge on any atom is 0.284 e. The lowest BCUT2D eigenvalue weighted by atomic mass is 9.80. The molecule has 1 aliphatic rings. The van der Waals surface area contributed by atoms with Crippen molar-refractivity contribution < 1.29 is 9.59 Å². The number of rotatable bonds is 6. The Morgan fingerprint density at radius 3 is 2.88 bits per heavy atom. The van der Waals surface area contributed by atoms with Gasteiger partial charge in [-0.05, 0) is 30.2 Å². The number of allylic oxidation sites excluding steroid dienone is 2. The maximum absolute atomic E-state index is 12.6. The van der Waals surface area contributed by atoms with E-state index < -0.39 is 12.1 Å². The molecule has 1 fully saturated rings. The fourth-order valence-electron chi connectivity index (χ4n) is 2.91. The predicted octanol–water partition coefficient (Wildman–Crippen LogP) is -0.235. The third-order valence-corrected chi connectivity index (χ3v) is 4.84. The van der Waals surface area contributed by atoms with Crippen LogP contribution in [0.15, 0.2) is 35.8 Å². The molecule has 0 aromatic heterocycles. The first-order valence-electron chi connectivity index (χ1n) is 8.70. The van der Waals surface area contributed by atoms with E-state index in [-0.39, 0.29) is 17.6 Å². The van der Waals surface area contributed by atoms with Gasteiger partial charge in [0.2, 0.25) is 11.8 Å². The Morgan fingerprint density at radius 1 is 1.50 bits per heavy atom. The molecule has 3 N–H and O–H groups in total. The molecule has 7 heteroatoms. The second-order valence-electron chi connectivity index (χ2n) is 6.26. The Labute approximate surface area is 160 Å². The highest BCUT2D eigenvalue weighted by Gasteiger charge is 2.35. The van der Waals surface area contributed by atoms with Crippen LogP contribution in [-0.4, -0.2) is 48.5 Å². The number of carbonyl (C=O) groups is 2. The number of nitrogens with two attached hydrogens (primary N) is 1. The lowest BCUT2D eigenvalue weighted by molar-refractivity contribution is -0.138. The molecule has 1 heterocycles. The summed E-state index contributed by atoms with van der Waals surface area (Å²) in [6.07, 6.45) is 5.29. The van der Waals surface area contributed by atoms with Crippen LogP contribution in [0.1, 0.15) is 19.8 Å². The van der Waals surface area contributed by atoms with E-state index >= 15 is 0 Å². The molecule has 1 aromatic carbocycles. The van der Waals surface area contributed by atoms with Crippen molar-refractivity contribution in [2.75, 3.05) is 12.3 Å². The summed E-state index contributed by atoms with van der Waals surface area (Å²) in [5, 5.41) is 4.73. The molecule has 1 radical (unpaired) electrons. The molecule has 0 saturated carbocycles. The van der Waals surface area contributed by atoms with Crippen molar-refractivity contribution in [1.82, 2.24) is 10.1 Å². The molecule has 2 rings (SSSR count). The van der Waals surface area contributed by atoms with Gasteiger partial charge in [-0.3, -0.25) is 9.59 Å². The van der Waals surface area contributed by atoms with E-state index in [0.717, 1.165) is 22.3 Å². The largest absolute Gasteiger partial charge is 0.397 e. The second kappa shape index (κ2) is 9.64. The molecule has 137 valence electrons. The van der Waals surface area contributed by atoms with Crippen molar-refractivity contribution in [2.24, 2.45) is 5.73 Å². The summed E-state index contributed by atoms with van der Waals surface area (Å²) in [4.78, 5) is 26.4. The van der Waals surface area contributed by atoms with Gasteiger partial charge >= 0.3 is 0 Å². The van der Waals surface area contributed by atoms with Gasteiger partial charge < -0.3 is 15.9 Å². The SMILES string of the molecule is C=c1cccc/c1=C/C([B]NC(=O)[C@@H]1CCCN1C(=O)[C@@H](N)CS)=C\C. The van der Waals surface area contributed by atoms with E-state index in [9.17, 15) is 9.59 Å². The van der Waals surface area contributed by atoms with Gasteiger partial charge in [-0.15, -0.1) is 0 Å². The van der Waals surface area contributed by atoms with Crippen molar-refractivity contribution in [3.63, 3.8) is 0 Å². The molecule has 5 nitrogen and oxygen atoms in total. The first-order valence-corrected chi connectivity index (χ1v) is 9.33. The number of carbonyl (C=O) groups excluding carboxylic acids is 2. The summed E-state index contributed by atoms with van der Waals surface area (Å²) in [6, 6.07) is 6.62. The van der Waals surface area contributed by atoms with E-state index in [2.05, 4.69) is 24.4 Å². The van der Waals surface area contributed by atoms with Crippen LogP contribution in [0.3, 0.4) is 0 Å². The van der Waals surface area contributed by atoms with Gasteiger partial charge in [0.15, 0.2) is 0 Å². The van der Waals surface area contributed by atoms with Gasteiger partial charge in [0.05, 0.1) is 6.04 Å². The van der Waals surface area contributed by atoms with Crippen LogP contribution < -0.4 is 21.4 Å². The summed E-state index contributed by atoms with van der Waals surface area (Å²) >= 11 is 4.07. The van der Waals surface area contributed by atoms with Crippen molar-refractivity contribution >= 4 is 44.5 Å². The Hall–Kier alpha value is -1.99. The lowest BCUT2D eigenvalue weighted by Crippen LogP contribution is -2.52. The Morgan fingerprint density at radius 2 is 2.23 bits per heavy atom. The highest BCUT2D eigenvalue weighted by Crippen LogP contribution is 2.18. The van der Waals surface area contributed by atoms with Gasteiger partial charge in [0.25, 0.3) is 7.41 Å². The molecule has 0 spiro atoms. The zero-order chi connectivity index (χ0) is 19.1. The normalized spacial score (nSPS) is 19.3. The summed E-state index contributed by atoms with van der Waals surface area (Å²) < 4.78 is 0. The van der Waals surface area contributed by atoms with E-state index in [1.54, 1.807) is 12.3 Å². The molecule has 26 heavy (non-hydrogen) atoms. The Kier molecular flexibility index (Phi) is 7.54. The van der Waals surface area contributed by atoms with Gasteiger partial charge in [-0.25, -0.2) is 0 Å². The average Bonchev–Trinajstić information content (AvgIpc) is 3.14. The highest BCUT2D eigenvalue weighted by atomic mass is 32.1. The first kappa shape index (κ1) is 20.3. The molecule has 2 atom stereocenters. The standard InChI is InChI=1S/C19H25BN3O2S/c1-3-15(11-14-8-5-4-7-13(14)2)20-22-18(24)17-9-6-10-23(17)19(25)16(21)12-26/h3-5,7-8,11,16-17,26H,2,6,9-10,12,21H2,1H3,(H,22,24)/b14-11-,15-3+/t16-,17-/m0/s1. The van der Waals surface area contributed by atoms with Crippen LogP contribution in [0.5, 0.6) is 0 Å². The predicted molar refractivity (Wildman–Crippen MR) is 110 cm³/mol. The zero-order valence-electron chi connectivity index (χ0n) is 15.0. The molecular formula is C19H25BN3O2S. The number of hydrogen-bond acceptors (Lipinski definition) is 4. The molecule has 1 saturated heterocycles.